The summed E-state index contributed by atoms with van der Waals surface area (Å²) in [5.74, 6) is -0.475. The average Bonchev–Trinajstić information content (AvgIpc) is 3.23. The number of hydrogen-bond acceptors (Lipinski definition) is 5. The number of aliphatic hydroxyl groups excluding tert-OH is 1. The molecule has 0 bridgehead atoms. The van der Waals surface area contributed by atoms with E-state index >= 15 is 0 Å². The summed E-state index contributed by atoms with van der Waals surface area (Å²) in [7, 11) is 0. The van der Waals surface area contributed by atoms with Gasteiger partial charge >= 0.3 is 0 Å². The molecule has 0 fully saturated rings. The predicted molar refractivity (Wildman–Crippen MR) is 122 cm³/mol. The maximum Gasteiger partial charge on any atom is 0.249 e. The number of fused-ring (bicyclic) bond motifs is 1. The molecule has 3 heterocycles. The molecule has 5 aromatic rings. The minimum atomic E-state index is -0.475. The minimum absolute atomic E-state index is 0.0698. The van der Waals surface area contributed by atoms with E-state index in [-0.39, 0.29) is 6.61 Å². The number of pyridine rings is 1. The number of benzene rings is 2. The molecule has 156 valence electrons. The zero-order valence-electron chi connectivity index (χ0n) is 17.0. The number of carbonyl (C=O) groups excluding carboxylic acids is 1. The Kier molecular flexibility index (Phi) is 4.93. The Bertz CT molecular complexity index is 1440. The SMILES string of the molecule is NC(=O)c1ccccc1-c1cccc(-c2nn3ccc(CO)cc3c2-c2ccncn2)c1. The molecule has 0 aliphatic rings. The summed E-state index contributed by atoms with van der Waals surface area (Å²) in [6.45, 7) is -0.0698. The summed E-state index contributed by atoms with van der Waals surface area (Å²) < 4.78 is 1.77. The number of nitrogens with zero attached hydrogens (tertiary/aromatic N) is 4. The quantitative estimate of drug-likeness (QED) is 0.450. The molecule has 0 unspecified atom stereocenters. The van der Waals surface area contributed by atoms with Crippen molar-refractivity contribution < 1.29 is 9.90 Å². The average molecular weight is 421 g/mol. The van der Waals surface area contributed by atoms with Crippen LogP contribution < -0.4 is 5.73 Å². The van der Waals surface area contributed by atoms with Crippen LogP contribution in [-0.4, -0.2) is 30.6 Å². The van der Waals surface area contributed by atoms with E-state index in [1.807, 2.05) is 60.8 Å². The summed E-state index contributed by atoms with van der Waals surface area (Å²) in [5.41, 5.74) is 12.4. The smallest absolute Gasteiger partial charge is 0.249 e. The van der Waals surface area contributed by atoms with Gasteiger partial charge in [-0.3, -0.25) is 4.79 Å². The highest BCUT2D eigenvalue weighted by molar-refractivity contribution is 6.00. The lowest BCUT2D eigenvalue weighted by Gasteiger charge is -2.09. The van der Waals surface area contributed by atoms with Gasteiger partial charge in [0.2, 0.25) is 5.91 Å². The van der Waals surface area contributed by atoms with Crippen molar-refractivity contribution in [3.8, 4) is 33.6 Å². The molecule has 7 nitrogen and oxygen atoms in total. The molecule has 0 saturated heterocycles. The van der Waals surface area contributed by atoms with Gasteiger partial charge in [0.25, 0.3) is 0 Å². The Labute approximate surface area is 183 Å². The molecule has 2 aromatic carbocycles. The molecule has 7 heteroatoms. The molecule has 3 N–H and O–H groups in total. The van der Waals surface area contributed by atoms with Gasteiger partial charge in [-0.05, 0) is 47.0 Å². The van der Waals surface area contributed by atoms with E-state index in [4.69, 9.17) is 10.8 Å². The van der Waals surface area contributed by atoms with Crippen molar-refractivity contribution >= 4 is 11.4 Å². The van der Waals surface area contributed by atoms with E-state index in [2.05, 4.69) is 9.97 Å². The normalized spacial score (nSPS) is 11.0. The van der Waals surface area contributed by atoms with Gasteiger partial charge in [-0.15, -0.1) is 0 Å². The van der Waals surface area contributed by atoms with E-state index in [9.17, 15) is 9.90 Å². The van der Waals surface area contributed by atoms with Crippen molar-refractivity contribution in [3.05, 3.63) is 96.6 Å². The van der Waals surface area contributed by atoms with Crippen LogP contribution in [0.2, 0.25) is 0 Å². The zero-order chi connectivity index (χ0) is 22.1. The van der Waals surface area contributed by atoms with Crippen LogP contribution in [0.1, 0.15) is 15.9 Å². The van der Waals surface area contributed by atoms with Crippen LogP contribution in [0.3, 0.4) is 0 Å². The highest BCUT2D eigenvalue weighted by Gasteiger charge is 2.19. The molecule has 5 rings (SSSR count). The summed E-state index contributed by atoms with van der Waals surface area (Å²) in [6, 6.07) is 20.6. The first-order valence-electron chi connectivity index (χ1n) is 10.0. The first-order chi connectivity index (χ1) is 15.7. The van der Waals surface area contributed by atoms with Gasteiger partial charge in [0.05, 0.1) is 23.4 Å². The topological polar surface area (TPSA) is 106 Å². The Balaban J connectivity index is 1.75. The Morgan fingerprint density at radius 2 is 1.84 bits per heavy atom. The van der Waals surface area contributed by atoms with Crippen molar-refractivity contribution in [2.24, 2.45) is 5.73 Å². The largest absolute Gasteiger partial charge is 0.392 e. The van der Waals surface area contributed by atoms with E-state index in [1.54, 1.807) is 22.8 Å². The number of hydrogen-bond donors (Lipinski definition) is 2. The first-order valence-corrected chi connectivity index (χ1v) is 10.0. The van der Waals surface area contributed by atoms with Gasteiger partial charge in [-0.2, -0.15) is 5.10 Å². The maximum atomic E-state index is 11.9. The summed E-state index contributed by atoms with van der Waals surface area (Å²) in [4.78, 5) is 20.4. The minimum Gasteiger partial charge on any atom is -0.392 e. The molecule has 3 aromatic heterocycles. The van der Waals surface area contributed by atoms with E-state index < -0.39 is 5.91 Å². The van der Waals surface area contributed by atoms with Crippen LogP contribution in [0.15, 0.2) is 85.5 Å². The van der Waals surface area contributed by atoms with E-state index in [0.29, 0.717) is 5.56 Å². The van der Waals surface area contributed by atoms with Gasteiger partial charge < -0.3 is 10.8 Å². The molecule has 1 amide bonds. The fourth-order valence-corrected chi connectivity index (χ4v) is 3.86. The van der Waals surface area contributed by atoms with Gasteiger partial charge in [-0.1, -0.05) is 36.4 Å². The van der Waals surface area contributed by atoms with Crippen LogP contribution >= 0.6 is 0 Å². The molecule has 0 aliphatic heterocycles. The fraction of sp³-hybridized carbons (Fsp3) is 0.0400. The molecular formula is C25H19N5O2. The number of aromatic nitrogens is 4. The highest BCUT2D eigenvalue weighted by Crippen LogP contribution is 2.36. The number of carbonyl (C=O) groups is 1. The molecule has 0 spiro atoms. The number of nitrogens with two attached hydrogens (primary N) is 1. The number of primary amides is 1. The first kappa shape index (κ1) is 19.6. The van der Waals surface area contributed by atoms with Crippen LogP contribution in [-0.2, 0) is 6.61 Å². The lowest BCUT2D eigenvalue weighted by Crippen LogP contribution is -2.12. The monoisotopic (exact) mass is 421 g/mol. The summed E-state index contributed by atoms with van der Waals surface area (Å²) in [5, 5.41) is 14.4. The molecular weight excluding hydrogens is 402 g/mol. The Morgan fingerprint density at radius 3 is 2.62 bits per heavy atom. The lowest BCUT2D eigenvalue weighted by molar-refractivity contribution is 0.100. The Morgan fingerprint density at radius 1 is 1.00 bits per heavy atom. The second-order valence-corrected chi connectivity index (χ2v) is 7.33. The fourth-order valence-electron chi connectivity index (χ4n) is 3.86. The van der Waals surface area contributed by atoms with Gasteiger partial charge in [0.1, 0.15) is 12.0 Å². The summed E-state index contributed by atoms with van der Waals surface area (Å²) >= 11 is 0. The molecule has 0 atom stereocenters. The van der Waals surface area contributed by atoms with Crippen LogP contribution in [0.4, 0.5) is 0 Å². The highest BCUT2D eigenvalue weighted by atomic mass is 16.3. The summed E-state index contributed by atoms with van der Waals surface area (Å²) in [6.07, 6.45) is 5.00. The van der Waals surface area contributed by atoms with E-state index in [0.717, 1.165) is 44.7 Å². The van der Waals surface area contributed by atoms with Gasteiger partial charge in [-0.25, -0.2) is 14.5 Å². The standard InChI is InChI=1S/C25H19N5O2/c26-25(32)20-7-2-1-6-19(20)17-4-3-5-18(13-17)24-23(21-8-10-27-15-28-21)22-12-16(14-31)9-11-30(22)29-24/h1-13,15,31H,14H2,(H2,26,32). The third-order valence-corrected chi connectivity index (χ3v) is 5.36. The van der Waals surface area contributed by atoms with Crippen molar-refractivity contribution in [1.82, 2.24) is 19.6 Å². The lowest BCUT2D eigenvalue weighted by atomic mass is 9.95. The van der Waals surface area contributed by atoms with Crippen LogP contribution in [0.5, 0.6) is 0 Å². The van der Waals surface area contributed by atoms with Crippen molar-refractivity contribution in [3.63, 3.8) is 0 Å². The molecule has 0 aliphatic carbocycles. The Hall–Kier alpha value is -4.36. The zero-order valence-corrected chi connectivity index (χ0v) is 17.0. The second kappa shape index (κ2) is 8.05. The predicted octanol–water partition coefficient (Wildman–Crippen LogP) is 3.72. The third kappa shape index (κ3) is 3.40. The van der Waals surface area contributed by atoms with Crippen molar-refractivity contribution in [2.75, 3.05) is 0 Å². The van der Waals surface area contributed by atoms with Crippen molar-refractivity contribution in [2.45, 2.75) is 6.61 Å². The number of amides is 1. The van der Waals surface area contributed by atoms with Gasteiger partial charge in [0.15, 0.2) is 0 Å². The van der Waals surface area contributed by atoms with Crippen LogP contribution in [0.25, 0.3) is 39.2 Å². The number of aliphatic hydroxyl groups is 1. The van der Waals surface area contributed by atoms with Crippen LogP contribution in [0, 0.1) is 0 Å². The molecule has 0 radical (unpaired) electrons. The molecule has 32 heavy (non-hydrogen) atoms. The number of rotatable bonds is 5. The molecule has 0 saturated carbocycles. The van der Waals surface area contributed by atoms with Gasteiger partial charge in [0, 0.05) is 23.5 Å². The van der Waals surface area contributed by atoms with E-state index in [1.165, 1.54) is 6.33 Å². The maximum absolute atomic E-state index is 11.9. The second-order valence-electron chi connectivity index (χ2n) is 7.33. The third-order valence-electron chi connectivity index (χ3n) is 5.36. The van der Waals surface area contributed by atoms with Crippen molar-refractivity contribution in [1.29, 1.82) is 0 Å².